The summed E-state index contributed by atoms with van der Waals surface area (Å²) in [5, 5.41) is 5.17. The molecule has 1 heterocycles. The van der Waals surface area contributed by atoms with Gasteiger partial charge in [0.25, 0.3) is 0 Å². The van der Waals surface area contributed by atoms with Crippen LogP contribution in [0.1, 0.15) is 45.4 Å². The number of amides is 2. The number of benzene rings is 1. The molecule has 1 aromatic rings. The second kappa shape index (κ2) is 10.4. The highest BCUT2D eigenvalue weighted by Gasteiger charge is 2.33. The molecule has 0 spiro atoms. The summed E-state index contributed by atoms with van der Waals surface area (Å²) in [5.41, 5.74) is 0. The maximum absolute atomic E-state index is 12.9. The van der Waals surface area contributed by atoms with Gasteiger partial charge in [0.05, 0.1) is 4.90 Å². The van der Waals surface area contributed by atoms with Crippen molar-refractivity contribution in [2.75, 3.05) is 19.6 Å². The van der Waals surface area contributed by atoms with Gasteiger partial charge in [-0.25, -0.2) is 8.42 Å². The van der Waals surface area contributed by atoms with E-state index in [-0.39, 0.29) is 17.5 Å². The van der Waals surface area contributed by atoms with Crippen LogP contribution >= 0.6 is 0 Å². The van der Waals surface area contributed by atoms with Crippen molar-refractivity contribution in [1.29, 1.82) is 0 Å². The van der Waals surface area contributed by atoms with Crippen LogP contribution in [0.2, 0.25) is 0 Å². The van der Waals surface area contributed by atoms with Crippen LogP contribution in [0.25, 0.3) is 0 Å². The topological polar surface area (TPSA) is 95.6 Å². The van der Waals surface area contributed by atoms with E-state index in [0.717, 1.165) is 32.1 Å². The average molecular weight is 396 g/mol. The van der Waals surface area contributed by atoms with E-state index in [2.05, 4.69) is 10.6 Å². The summed E-state index contributed by atoms with van der Waals surface area (Å²) in [6.45, 7) is 3.24. The molecule has 0 bridgehead atoms. The number of nitrogens with zero attached hydrogens (tertiary/aromatic N) is 1. The van der Waals surface area contributed by atoms with Crippen molar-refractivity contribution < 1.29 is 18.0 Å². The lowest BCUT2D eigenvalue weighted by Crippen LogP contribution is -2.46. The van der Waals surface area contributed by atoms with E-state index in [1.165, 1.54) is 0 Å². The second-order valence-electron chi connectivity index (χ2n) is 6.73. The summed E-state index contributed by atoms with van der Waals surface area (Å²) in [5.74, 6) is -1.31. The van der Waals surface area contributed by atoms with Gasteiger partial charge in [-0.1, -0.05) is 38.0 Å². The van der Waals surface area contributed by atoms with Crippen LogP contribution in [0.15, 0.2) is 35.2 Å². The maximum Gasteiger partial charge on any atom is 0.309 e. The van der Waals surface area contributed by atoms with Crippen LogP contribution in [0, 0.1) is 0 Å². The molecule has 8 heteroatoms. The first kappa shape index (κ1) is 21.4. The third kappa shape index (κ3) is 6.04. The zero-order valence-electron chi connectivity index (χ0n) is 15.8. The van der Waals surface area contributed by atoms with Crippen molar-refractivity contribution in [3.63, 3.8) is 0 Å². The summed E-state index contributed by atoms with van der Waals surface area (Å²) in [6.07, 6.45) is 4.79. The van der Waals surface area contributed by atoms with Crippen LogP contribution in [0.5, 0.6) is 0 Å². The third-order valence-corrected chi connectivity index (χ3v) is 6.67. The molecule has 1 atom stereocenters. The highest BCUT2D eigenvalue weighted by Crippen LogP contribution is 2.26. The summed E-state index contributed by atoms with van der Waals surface area (Å²) < 4.78 is 27.4. The normalized spacial score (nSPS) is 18.0. The predicted molar refractivity (Wildman–Crippen MR) is 104 cm³/mol. The Bertz CT molecular complexity index is 722. The molecule has 0 aromatic heterocycles. The minimum atomic E-state index is -3.55. The van der Waals surface area contributed by atoms with E-state index < -0.39 is 21.8 Å². The molecule has 0 radical (unpaired) electrons. The molecule has 27 heavy (non-hydrogen) atoms. The Morgan fingerprint density at radius 2 is 1.74 bits per heavy atom. The molecule has 150 valence electrons. The molecule has 0 unspecified atom stereocenters. The van der Waals surface area contributed by atoms with Gasteiger partial charge in [-0.3, -0.25) is 9.59 Å². The van der Waals surface area contributed by atoms with Crippen molar-refractivity contribution in [2.24, 2.45) is 0 Å². The molecule has 1 aliphatic rings. The van der Waals surface area contributed by atoms with E-state index in [1.54, 1.807) is 34.6 Å². The lowest BCUT2D eigenvalue weighted by Gasteiger charge is -2.34. The largest absolute Gasteiger partial charge is 0.348 e. The van der Waals surface area contributed by atoms with Gasteiger partial charge in [0.15, 0.2) is 0 Å². The van der Waals surface area contributed by atoms with Gasteiger partial charge in [-0.2, -0.15) is 4.31 Å². The van der Waals surface area contributed by atoms with E-state index in [9.17, 15) is 18.0 Å². The maximum atomic E-state index is 12.9. The van der Waals surface area contributed by atoms with Gasteiger partial charge in [0.2, 0.25) is 10.0 Å². The smallest absolute Gasteiger partial charge is 0.309 e. The summed E-state index contributed by atoms with van der Waals surface area (Å²) in [6, 6.07) is 8.24. The van der Waals surface area contributed by atoms with Gasteiger partial charge < -0.3 is 10.6 Å². The fraction of sp³-hybridized carbons (Fsp3) is 0.579. The SMILES string of the molecule is CCCCNC(=O)C(=O)NCC[C@@H]1CCCCN1S(=O)(=O)c1ccccc1. The first-order valence-corrected chi connectivity index (χ1v) is 11.0. The third-order valence-electron chi connectivity index (χ3n) is 4.71. The van der Waals surface area contributed by atoms with Crippen LogP contribution in [0.3, 0.4) is 0 Å². The average Bonchev–Trinajstić information content (AvgIpc) is 2.69. The molecule has 1 aromatic carbocycles. The molecule has 2 rings (SSSR count). The second-order valence-corrected chi connectivity index (χ2v) is 8.62. The number of carbonyl (C=O) groups excluding carboxylic acids is 2. The Hall–Kier alpha value is -1.93. The molecule has 1 saturated heterocycles. The van der Waals surface area contributed by atoms with Crippen LogP contribution in [-0.2, 0) is 19.6 Å². The number of piperidine rings is 1. The van der Waals surface area contributed by atoms with E-state index in [1.807, 2.05) is 6.92 Å². The standard InChI is InChI=1S/C19H29N3O4S/c1-2-3-13-20-18(23)19(24)21-14-12-16-9-7-8-15-22(16)27(25,26)17-10-5-4-6-11-17/h4-6,10-11,16H,2-3,7-9,12-15H2,1H3,(H,20,23)(H,21,24)/t16-/m0/s1. The van der Waals surface area contributed by atoms with Crippen molar-refractivity contribution in [3.05, 3.63) is 30.3 Å². The number of rotatable bonds is 8. The number of unbranched alkanes of at least 4 members (excludes halogenated alkanes) is 1. The number of nitrogens with one attached hydrogen (secondary N) is 2. The number of carbonyl (C=O) groups is 2. The first-order valence-electron chi connectivity index (χ1n) is 9.59. The highest BCUT2D eigenvalue weighted by molar-refractivity contribution is 7.89. The minimum absolute atomic E-state index is 0.174. The van der Waals surface area contributed by atoms with Crippen molar-refractivity contribution in [2.45, 2.75) is 56.4 Å². The quantitative estimate of drug-likeness (QED) is 0.517. The molecule has 2 N–H and O–H groups in total. The molecule has 1 fully saturated rings. The number of hydrogen-bond acceptors (Lipinski definition) is 4. The van der Waals surface area contributed by atoms with Crippen molar-refractivity contribution in [1.82, 2.24) is 14.9 Å². The van der Waals surface area contributed by atoms with Crippen molar-refractivity contribution in [3.8, 4) is 0 Å². The Morgan fingerprint density at radius 1 is 1.07 bits per heavy atom. The Labute approximate surface area is 161 Å². The summed E-state index contributed by atoms with van der Waals surface area (Å²) in [7, 11) is -3.55. The number of sulfonamides is 1. The van der Waals surface area contributed by atoms with Crippen LogP contribution in [-0.4, -0.2) is 50.2 Å². The molecular formula is C19H29N3O4S. The molecule has 7 nitrogen and oxygen atoms in total. The number of hydrogen-bond donors (Lipinski definition) is 2. The molecular weight excluding hydrogens is 366 g/mol. The van der Waals surface area contributed by atoms with Crippen LogP contribution in [0.4, 0.5) is 0 Å². The summed E-state index contributed by atoms with van der Waals surface area (Å²) in [4.78, 5) is 23.8. The van der Waals surface area contributed by atoms with Gasteiger partial charge in [-0.15, -0.1) is 0 Å². The molecule has 0 aliphatic carbocycles. The fourth-order valence-electron chi connectivity index (χ4n) is 3.20. The molecule has 2 amide bonds. The Balaban J connectivity index is 1.90. The van der Waals surface area contributed by atoms with E-state index >= 15 is 0 Å². The van der Waals surface area contributed by atoms with E-state index in [0.29, 0.717) is 19.5 Å². The lowest BCUT2D eigenvalue weighted by atomic mass is 10.0. The van der Waals surface area contributed by atoms with Gasteiger partial charge in [0.1, 0.15) is 0 Å². The van der Waals surface area contributed by atoms with Crippen LogP contribution < -0.4 is 10.6 Å². The molecule has 0 saturated carbocycles. The zero-order chi connectivity index (χ0) is 19.7. The Morgan fingerprint density at radius 3 is 2.41 bits per heavy atom. The fourth-order valence-corrected chi connectivity index (χ4v) is 4.94. The van der Waals surface area contributed by atoms with Gasteiger partial charge in [-0.05, 0) is 37.8 Å². The lowest BCUT2D eigenvalue weighted by molar-refractivity contribution is -0.139. The van der Waals surface area contributed by atoms with Gasteiger partial charge >= 0.3 is 11.8 Å². The monoisotopic (exact) mass is 395 g/mol. The first-order chi connectivity index (χ1) is 13.0. The van der Waals surface area contributed by atoms with E-state index in [4.69, 9.17) is 0 Å². The highest BCUT2D eigenvalue weighted by atomic mass is 32.2. The predicted octanol–water partition coefficient (Wildman–Crippen LogP) is 1.65. The molecule has 1 aliphatic heterocycles. The zero-order valence-corrected chi connectivity index (χ0v) is 16.6. The van der Waals surface area contributed by atoms with Gasteiger partial charge in [0, 0.05) is 25.7 Å². The Kier molecular flexibility index (Phi) is 8.24. The minimum Gasteiger partial charge on any atom is -0.348 e. The van der Waals surface area contributed by atoms with Crippen molar-refractivity contribution >= 4 is 21.8 Å². The summed E-state index contributed by atoms with van der Waals surface area (Å²) >= 11 is 0.